The normalized spacial score (nSPS) is 19.2. The predicted octanol–water partition coefficient (Wildman–Crippen LogP) is 3.41. The Morgan fingerprint density at radius 3 is 2.54 bits per heavy atom. The molecule has 0 aliphatic carbocycles. The highest BCUT2D eigenvalue weighted by atomic mass is 32.1. The molecule has 0 saturated carbocycles. The highest BCUT2D eigenvalue weighted by Crippen LogP contribution is 2.39. The van der Waals surface area contributed by atoms with Gasteiger partial charge in [-0.1, -0.05) is 24.3 Å². The van der Waals surface area contributed by atoms with Gasteiger partial charge in [-0.15, -0.1) is 0 Å². The molecule has 0 amide bonds. The summed E-state index contributed by atoms with van der Waals surface area (Å²) in [7, 11) is 4.18. The fraction of sp³-hybridized carbons (Fsp3) is 0.273. The Kier molecular flexibility index (Phi) is 5.41. The highest BCUT2D eigenvalue weighted by molar-refractivity contribution is 7.80. The van der Waals surface area contributed by atoms with E-state index < -0.39 is 0 Å². The zero-order valence-corrected chi connectivity index (χ0v) is 17.0. The van der Waals surface area contributed by atoms with E-state index in [1.54, 1.807) is 0 Å². The van der Waals surface area contributed by atoms with E-state index in [0.29, 0.717) is 0 Å². The minimum absolute atomic E-state index is 0.00762. The Morgan fingerprint density at radius 1 is 1.04 bits per heavy atom. The number of nitrogens with one attached hydrogen (secondary N) is 1. The second kappa shape index (κ2) is 8.12. The van der Waals surface area contributed by atoms with Gasteiger partial charge in [0, 0.05) is 36.9 Å². The lowest BCUT2D eigenvalue weighted by Gasteiger charge is -2.29. The zero-order valence-electron chi connectivity index (χ0n) is 16.2. The monoisotopic (exact) mass is 391 g/mol. The third-order valence-corrected chi connectivity index (χ3v) is 5.46. The van der Waals surface area contributed by atoms with E-state index in [0.717, 1.165) is 29.6 Å². The van der Waals surface area contributed by atoms with Crippen molar-refractivity contribution >= 4 is 17.3 Å². The van der Waals surface area contributed by atoms with E-state index in [9.17, 15) is 0 Å². The van der Waals surface area contributed by atoms with Crippen LogP contribution < -0.4 is 5.32 Å². The van der Waals surface area contributed by atoms with Crippen molar-refractivity contribution in [1.29, 1.82) is 0 Å². The van der Waals surface area contributed by atoms with Gasteiger partial charge in [-0.2, -0.15) is 0 Å². The van der Waals surface area contributed by atoms with Gasteiger partial charge in [-0.05, 0) is 62.7 Å². The first-order valence-corrected chi connectivity index (χ1v) is 9.91. The van der Waals surface area contributed by atoms with E-state index in [-0.39, 0.29) is 12.1 Å². The van der Waals surface area contributed by atoms with Crippen molar-refractivity contribution in [3.05, 3.63) is 84.4 Å². The van der Waals surface area contributed by atoms with Gasteiger partial charge in [-0.3, -0.25) is 4.98 Å². The maximum atomic E-state index is 5.74. The molecule has 28 heavy (non-hydrogen) atoms. The van der Waals surface area contributed by atoms with Crippen LogP contribution in [-0.4, -0.2) is 51.6 Å². The van der Waals surface area contributed by atoms with E-state index >= 15 is 0 Å². The van der Waals surface area contributed by atoms with Crippen molar-refractivity contribution < 1.29 is 0 Å². The smallest absolute Gasteiger partial charge is 0.170 e. The fourth-order valence-electron chi connectivity index (χ4n) is 3.73. The molecule has 3 heterocycles. The average molecular weight is 392 g/mol. The third kappa shape index (κ3) is 3.66. The minimum Gasteiger partial charge on any atom is -0.352 e. The molecule has 0 radical (unpaired) electrons. The number of hydrogen-bond acceptors (Lipinski definition) is 3. The topological polar surface area (TPSA) is 36.3 Å². The molecule has 1 aliphatic heterocycles. The van der Waals surface area contributed by atoms with Gasteiger partial charge in [0.15, 0.2) is 5.11 Å². The first kappa shape index (κ1) is 18.7. The van der Waals surface area contributed by atoms with Crippen LogP contribution in [0.15, 0.2) is 73.1 Å². The van der Waals surface area contributed by atoms with Crippen LogP contribution in [0.25, 0.3) is 5.69 Å². The molecule has 0 bridgehead atoms. The molecule has 4 rings (SSSR count). The second-order valence-electron chi connectivity index (χ2n) is 7.26. The van der Waals surface area contributed by atoms with Gasteiger partial charge in [-0.25, -0.2) is 0 Å². The molecule has 3 aromatic rings. The summed E-state index contributed by atoms with van der Waals surface area (Å²) in [6, 6.07) is 20.8. The minimum atomic E-state index is 0.00762. The van der Waals surface area contributed by atoms with Crippen LogP contribution in [-0.2, 0) is 0 Å². The number of hydrogen-bond donors (Lipinski definition) is 1. The number of para-hydroxylation sites is 1. The maximum absolute atomic E-state index is 5.74. The van der Waals surface area contributed by atoms with Gasteiger partial charge < -0.3 is 19.7 Å². The van der Waals surface area contributed by atoms with Crippen LogP contribution in [0, 0.1) is 0 Å². The van der Waals surface area contributed by atoms with Gasteiger partial charge >= 0.3 is 0 Å². The standard InChI is InChI=1S/C22H25N5S/c1-25(2)15-16-27-21(20(24-22(27)28)18-11-6-7-13-23-18)19-12-8-14-26(19)17-9-4-3-5-10-17/h3-14,20-21H,15-16H2,1-2H3,(H,24,28)/t20-,21+/m1/s1. The Hall–Kier alpha value is -2.70. The number of pyridine rings is 1. The molecule has 6 heteroatoms. The van der Waals surface area contributed by atoms with Crippen LogP contribution in [0.3, 0.4) is 0 Å². The zero-order chi connectivity index (χ0) is 19.5. The Balaban J connectivity index is 1.77. The number of likely N-dealkylation sites (N-methyl/N-ethyl adjacent to an activating group) is 1. The van der Waals surface area contributed by atoms with Crippen LogP contribution in [0.1, 0.15) is 23.5 Å². The van der Waals surface area contributed by atoms with Gasteiger partial charge in [0.1, 0.15) is 0 Å². The number of aromatic nitrogens is 2. The number of thiocarbonyl (C=S) groups is 1. The fourth-order valence-corrected chi connectivity index (χ4v) is 4.07. The summed E-state index contributed by atoms with van der Waals surface area (Å²) in [6.07, 6.45) is 3.96. The molecular formula is C22H25N5S. The Labute approximate surface area is 171 Å². The lowest BCUT2D eigenvalue weighted by atomic mass is 10.0. The Morgan fingerprint density at radius 2 is 1.82 bits per heavy atom. The molecular weight excluding hydrogens is 366 g/mol. The Bertz CT molecular complexity index is 922. The summed E-state index contributed by atoms with van der Waals surface area (Å²) >= 11 is 5.74. The number of nitrogens with zero attached hydrogens (tertiary/aromatic N) is 4. The molecule has 5 nitrogen and oxygen atoms in total. The van der Waals surface area contributed by atoms with Crippen LogP contribution in [0.5, 0.6) is 0 Å². The average Bonchev–Trinajstić information content (AvgIpc) is 3.32. The molecule has 144 valence electrons. The van der Waals surface area contributed by atoms with Crippen molar-refractivity contribution in [3.8, 4) is 5.69 Å². The first-order valence-electron chi connectivity index (χ1n) is 9.50. The van der Waals surface area contributed by atoms with Crippen molar-refractivity contribution in [3.63, 3.8) is 0 Å². The van der Waals surface area contributed by atoms with Crippen molar-refractivity contribution in [2.75, 3.05) is 27.2 Å². The highest BCUT2D eigenvalue weighted by Gasteiger charge is 2.41. The van der Waals surface area contributed by atoms with E-state index in [2.05, 4.69) is 87.4 Å². The second-order valence-corrected chi connectivity index (χ2v) is 7.65. The molecule has 2 atom stereocenters. The number of rotatable bonds is 6. The van der Waals surface area contributed by atoms with Crippen LogP contribution in [0.2, 0.25) is 0 Å². The van der Waals surface area contributed by atoms with E-state index in [1.165, 1.54) is 5.69 Å². The van der Waals surface area contributed by atoms with Crippen LogP contribution >= 0.6 is 12.2 Å². The van der Waals surface area contributed by atoms with Crippen LogP contribution in [0.4, 0.5) is 0 Å². The largest absolute Gasteiger partial charge is 0.352 e. The molecule has 0 unspecified atom stereocenters. The molecule has 2 aromatic heterocycles. The first-order chi connectivity index (χ1) is 13.6. The molecule has 1 saturated heterocycles. The molecule has 1 N–H and O–H groups in total. The lowest BCUT2D eigenvalue weighted by Crippen LogP contribution is -2.36. The molecule has 1 aromatic carbocycles. The lowest BCUT2D eigenvalue weighted by molar-refractivity contribution is 0.272. The quantitative estimate of drug-likeness (QED) is 0.652. The number of benzene rings is 1. The van der Waals surface area contributed by atoms with E-state index in [1.807, 2.05) is 24.4 Å². The van der Waals surface area contributed by atoms with Crippen molar-refractivity contribution in [1.82, 2.24) is 24.7 Å². The summed E-state index contributed by atoms with van der Waals surface area (Å²) in [5.74, 6) is 0. The van der Waals surface area contributed by atoms with Crippen molar-refractivity contribution in [2.45, 2.75) is 12.1 Å². The molecule has 0 spiro atoms. The SMILES string of the molecule is CN(C)CCN1C(=S)N[C@H](c2ccccn2)[C@@H]1c1cccn1-c1ccccc1. The summed E-state index contributed by atoms with van der Waals surface area (Å²) < 4.78 is 2.25. The summed E-state index contributed by atoms with van der Waals surface area (Å²) in [5, 5.41) is 4.30. The summed E-state index contributed by atoms with van der Waals surface area (Å²) in [6.45, 7) is 1.78. The van der Waals surface area contributed by atoms with Crippen molar-refractivity contribution in [2.24, 2.45) is 0 Å². The van der Waals surface area contributed by atoms with Gasteiger partial charge in [0.25, 0.3) is 0 Å². The van der Waals surface area contributed by atoms with Gasteiger partial charge in [0.2, 0.25) is 0 Å². The molecule has 1 aliphatic rings. The maximum Gasteiger partial charge on any atom is 0.170 e. The third-order valence-electron chi connectivity index (χ3n) is 5.10. The summed E-state index contributed by atoms with van der Waals surface area (Å²) in [4.78, 5) is 9.10. The van der Waals surface area contributed by atoms with Gasteiger partial charge in [0.05, 0.1) is 17.8 Å². The summed E-state index contributed by atoms with van der Waals surface area (Å²) in [5.41, 5.74) is 3.35. The van der Waals surface area contributed by atoms with E-state index in [4.69, 9.17) is 12.2 Å². The predicted molar refractivity (Wildman–Crippen MR) is 116 cm³/mol. The molecule has 1 fully saturated rings.